The van der Waals surface area contributed by atoms with E-state index in [1.165, 1.54) is 21.9 Å². The lowest BCUT2D eigenvalue weighted by molar-refractivity contribution is 0.590. The summed E-state index contributed by atoms with van der Waals surface area (Å²) in [5, 5.41) is 6.97. The van der Waals surface area contributed by atoms with E-state index in [1.54, 1.807) is 0 Å². The Morgan fingerprint density at radius 3 is 1.18 bits per heavy atom. The average Bonchev–Trinajstić information content (AvgIpc) is 3.77. The maximum absolute atomic E-state index is 15.3. The second-order valence-corrected chi connectivity index (χ2v) is 22.7. The molecule has 7 aromatic carbocycles. The van der Waals surface area contributed by atoms with Gasteiger partial charge >= 0.3 is 0 Å². The van der Waals surface area contributed by atoms with Gasteiger partial charge in [-0.3, -0.25) is 9.59 Å². The van der Waals surface area contributed by atoms with E-state index in [4.69, 9.17) is 0 Å². The number of benzene rings is 7. The molecule has 0 aliphatic heterocycles. The fourth-order valence-corrected chi connectivity index (χ4v) is 10.4. The molecule has 0 fully saturated rings. The molecule has 0 unspecified atom stereocenters. The Morgan fingerprint density at radius 1 is 0.323 bits per heavy atom. The van der Waals surface area contributed by atoms with Crippen LogP contribution in [0.15, 0.2) is 137 Å². The van der Waals surface area contributed by atoms with Crippen molar-refractivity contribution in [2.45, 2.75) is 105 Å². The van der Waals surface area contributed by atoms with Crippen LogP contribution in [0.3, 0.4) is 0 Å². The van der Waals surface area contributed by atoms with Crippen LogP contribution in [0.4, 0.5) is 0 Å². The first-order chi connectivity index (χ1) is 30.6. The quantitative estimate of drug-likeness (QED) is 0.128. The minimum absolute atomic E-state index is 0.0302. The van der Waals surface area contributed by atoms with Gasteiger partial charge in [-0.15, -0.1) is 0 Å². The first-order valence-corrected chi connectivity index (χ1v) is 23.1. The van der Waals surface area contributed by atoms with E-state index in [-0.39, 0.29) is 32.5 Å². The highest BCUT2D eigenvalue weighted by atomic mass is 16.1. The molecular formula is C60H57N3O2. The largest absolute Gasteiger partial charge is 0.308 e. The first-order valence-electron chi connectivity index (χ1n) is 23.1. The maximum Gasteiger partial charge on any atom is 0.197 e. The van der Waals surface area contributed by atoms with E-state index in [0.717, 1.165) is 66.4 Å². The number of aromatic nitrogens is 3. The smallest absolute Gasteiger partial charge is 0.197 e. The number of hydrogen-bond acceptors (Lipinski definition) is 2. The van der Waals surface area contributed by atoms with Crippen molar-refractivity contribution in [1.29, 1.82) is 0 Å². The van der Waals surface area contributed by atoms with Gasteiger partial charge in [0, 0.05) is 48.8 Å². The highest BCUT2D eigenvalue weighted by Crippen LogP contribution is 2.43. The summed E-state index contributed by atoms with van der Waals surface area (Å²) in [6.07, 6.45) is 0. The molecule has 11 rings (SSSR count). The van der Waals surface area contributed by atoms with Gasteiger partial charge in [0.1, 0.15) is 0 Å². The lowest BCUT2D eigenvalue weighted by Gasteiger charge is -2.22. The SMILES string of the molecule is CC(C)(C)c1ccc2c(c1)c(=O)c1cc(-n3c4ccccc4c4cccc(-n5c6ccc(C(C)(C)C)cc6c6cc(C(C)(C)C)ccc65)c43)cc3c(=O)c4cc(C(C)(C)C)ccc4n2c13. The molecule has 4 aromatic heterocycles. The zero-order valence-electron chi connectivity index (χ0n) is 39.8. The maximum atomic E-state index is 15.3. The molecule has 5 heteroatoms. The molecule has 0 saturated heterocycles. The van der Waals surface area contributed by atoms with Crippen molar-refractivity contribution in [1.82, 2.24) is 13.5 Å². The van der Waals surface area contributed by atoms with Crippen LogP contribution in [0, 0.1) is 0 Å². The minimum Gasteiger partial charge on any atom is -0.308 e. The van der Waals surface area contributed by atoms with Gasteiger partial charge in [-0.2, -0.15) is 0 Å². The Balaban J connectivity index is 1.32. The first kappa shape index (κ1) is 41.0. The number of para-hydroxylation sites is 2. The van der Waals surface area contributed by atoms with Crippen LogP contribution in [0.2, 0.25) is 0 Å². The Bertz CT molecular complexity index is 3770. The van der Waals surface area contributed by atoms with Crippen LogP contribution < -0.4 is 10.9 Å². The molecule has 0 aliphatic rings. The lowest BCUT2D eigenvalue weighted by atomic mass is 9.85. The van der Waals surface area contributed by atoms with Crippen molar-refractivity contribution in [3.63, 3.8) is 0 Å². The second-order valence-electron chi connectivity index (χ2n) is 22.7. The molecule has 324 valence electrons. The Labute approximate surface area is 379 Å². The third-order valence-corrected chi connectivity index (χ3v) is 14.2. The summed E-state index contributed by atoms with van der Waals surface area (Å²) >= 11 is 0. The summed E-state index contributed by atoms with van der Waals surface area (Å²) in [6.45, 7) is 26.7. The Morgan fingerprint density at radius 2 is 0.723 bits per heavy atom. The molecule has 0 atom stereocenters. The third kappa shape index (κ3) is 6.04. The molecule has 0 spiro atoms. The molecule has 4 heterocycles. The zero-order chi connectivity index (χ0) is 45.9. The topological polar surface area (TPSA) is 48.4 Å². The van der Waals surface area contributed by atoms with Gasteiger partial charge in [0.2, 0.25) is 0 Å². The second kappa shape index (κ2) is 13.4. The van der Waals surface area contributed by atoms with Crippen molar-refractivity contribution in [2.75, 3.05) is 0 Å². The molecule has 0 aliphatic carbocycles. The lowest BCUT2D eigenvalue weighted by Crippen LogP contribution is -2.18. The Kier molecular flexibility index (Phi) is 8.47. The summed E-state index contributed by atoms with van der Waals surface area (Å²) in [5.74, 6) is 0. The third-order valence-electron chi connectivity index (χ3n) is 14.2. The summed E-state index contributed by atoms with van der Waals surface area (Å²) in [5.41, 5.74) is 12.5. The zero-order valence-corrected chi connectivity index (χ0v) is 39.8. The monoisotopic (exact) mass is 851 g/mol. The van der Waals surface area contributed by atoms with Crippen LogP contribution in [0.5, 0.6) is 0 Å². The number of pyridine rings is 2. The molecule has 0 amide bonds. The van der Waals surface area contributed by atoms with Gasteiger partial charge < -0.3 is 13.5 Å². The van der Waals surface area contributed by atoms with E-state index >= 15 is 9.59 Å². The molecule has 5 nitrogen and oxygen atoms in total. The Hall–Kier alpha value is -6.72. The molecular weight excluding hydrogens is 795 g/mol. The van der Waals surface area contributed by atoms with Crippen LogP contribution in [0.25, 0.3) is 93.1 Å². The van der Waals surface area contributed by atoms with Crippen molar-refractivity contribution >= 4 is 81.7 Å². The fraction of sp³-hybridized carbons (Fsp3) is 0.267. The van der Waals surface area contributed by atoms with Gasteiger partial charge in [-0.1, -0.05) is 138 Å². The summed E-state index contributed by atoms with van der Waals surface area (Å²) < 4.78 is 6.90. The summed E-state index contributed by atoms with van der Waals surface area (Å²) in [6, 6.07) is 45.7. The van der Waals surface area contributed by atoms with E-state index in [1.807, 2.05) is 12.1 Å². The molecule has 65 heavy (non-hydrogen) atoms. The van der Waals surface area contributed by atoms with Crippen LogP contribution in [-0.4, -0.2) is 13.5 Å². The number of rotatable bonds is 2. The van der Waals surface area contributed by atoms with Crippen molar-refractivity contribution in [3.05, 3.63) is 170 Å². The highest BCUT2D eigenvalue weighted by Gasteiger charge is 2.27. The average molecular weight is 852 g/mol. The predicted octanol–water partition coefficient (Wildman–Crippen LogP) is 14.9. The standard InChI is InChI=1S/C60H57N3O2/c1-57(2,3)34-20-24-48-41(28-34)42-29-35(58(4,5)6)21-25-49(42)62(48)52-19-15-17-40-39-16-13-14-18-47(39)61(54(40)52)38-32-45-53-46(33-38)56(65)44-31-37(60(10,11)12)23-27-51(44)63(53)50-26-22-36(59(7,8)9)30-43(50)55(45)64/h13-33H,1-12H3. The van der Waals surface area contributed by atoms with E-state index in [2.05, 4.69) is 212 Å². The molecule has 0 N–H and O–H groups in total. The molecule has 11 aromatic rings. The van der Waals surface area contributed by atoms with Gasteiger partial charge in [0.15, 0.2) is 10.9 Å². The predicted molar refractivity (Wildman–Crippen MR) is 277 cm³/mol. The van der Waals surface area contributed by atoms with Gasteiger partial charge in [0.05, 0.1) is 44.3 Å². The van der Waals surface area contributed by atoms with Crippen molar-refractivity contribution in [2.24, 2.45) is 0 Å². The molecule has 0 bridgehead atoms. The normalized spacial score (nSPS) is 13.4. The van der Waals surface area contributed by atoms with Crippen LogP contribution in [-0.2, 0) is 21.7 Å². The highest BCUT2D eigenvalue weighted by molar-refractivity contribution is 6.16. The number of hydrogen-bond donors (Lipinski definition) is 0. The van der Waals surface area contributed by atoms with Gasteiger partial charge in [0.25, 0.3) is 0 Å². The van der Waals surface area contributed by atoms with Crippen molar-refractivity contribution < 1.29 is 0 Å². The summed E-state index contributed by atoms with van der Waals surface area (Å²) in [4.78, 5) is 30.5. The van der Waals surface area contributed by atoms with E-state index < -0.39 is 0 Å². The minimum atomic E-state index is -0.172. The van der Waals surface area contributed by atoms with Gasteiger partial charge in [-0.05, 0) is 117 Å². The van der Waals surface area contributed by atoms with Crippen LogP contribution >= 0.6 is 0 Å². The van der Waals surface area contributed by atoms with Crippen molar-refractivity contribution in [3.8, 4) is 11.4 Å². The van der Waals surface area contributed by atoms with Crippen LogP contribution in [0.1, 0.15) is 105 Å². The fourth-order valence-electron chi connectivity index (χ4n) is 10.4. The van der Waals surface area contributed by atoms with E-state index in [9.17, 15) is 0 Å². The van der Waals surface area contributed by atoms with E-state index in [0.29, 0.717) is 27.1 Å². The number of nitrogens with zero attached hydrogens (tertiary/aromatic N) is 3. The molecule has 0 radical (unpaired) electrons. The number of fused-ring (bicyclic) bond motifs is 10. The molecule has 0 saturated carbocycles. The van der Waals surface area contributed by atoms with Gasteiger partial charge in [-0.25, -0.2) is 0 Å². The summed E-state index contributed by atoms with van der Waals surface area (Å²) in [7, 11) is 0.